The molecule has 1 aromatic heterocycles. The number of carboxylic acid groups (broad SMARTS) is 1. The predicted octanol–water partition coefficient (Wildman–Crippen LogP) is 2.19. The highest BCUT2D eigenvalue weighted by Gasteiger charge is 2.75. The minimum Gasteiger partial charge on any atom is -0.476 e. The molecule has 4 aliphatic rings. The molecule has 1 heterocycles. The van der Waals surface area contributed by atoms with Crippen molar-refractivity contribution in [2.24, 2.45) is 35.6 Å². The molecule has 3 fully saturated rings. The maximum atomic E-state index is 17.2. The zero-order chi connectivity index (χ0) is 28.7. The Morgan fingerprint density at radius 2 is 1.95 bits per heavy atom. The lowest BCUT2D eigenvalue weighted by Gasteiger charge is -2.62. The van der Waals surface area contributed by atoms with E-state index < -0.39 is 70.3 Å². The number of hydrogen-bond acceptors (Lipinski definition) is 8. The van der Waals surface area contributed by atoms with E-state index in [-0.39, 0.29) is 23.6 Å². The molecule has 0 spiro atoms. The highest BCUT2D eigenvalue weighted by Crippen LogP contribution is 2.70. The van der Waals surface area contributed by atoms with Crippen LogP contribution in [-0.4, -0.2) is 72.6 Å². The lowest BCUT2D eigenvalue weighted by molar-refractivity contribution is -0.219. The van der Waals surface area contributed by atoms with E-state index in [2.05, 4.69) is 5.10 Å². The number of fused-ring (bicyclic) bond motifs is 5. The molecule has 0 aliphatic heterocycles. The molecule has 3 saturated carbocycles. The van der Waals surface area contributed by atoms with Crippen LogP contribution in [0.5, 0.6) is 0 Å². The first kappa shape index (κ1) is 27.4. The summed E-state index contributed by atoms with van der Waals surface area (Å²) in [5, 5.41) is 36.2. The molecule has 11 heteroatoms. The second-order valence-electron chi connectivity index (χ2n) is 12.0. The van der Waals surface area contributed by atoms with Gasteiger partial charge in [-0.3, -0.25) is 14.3 Å². The number of ketones is 2. The maximum absolute atomic E-state index is 17.2. The summed E-state index contributed by atoms with van der Waals surface area (Å²) in [7, 11) is 1.36. The summed E-state index contributed by atoms with van der Waals surface area (Å²) in [5.41, 5.74) is -6.40. The Morgan fingerprint density at radius 1 is 1.26 bits per heavy atom. The number of aliphatic hydroxyl groups is 2. The van der Waals surface area contributed by atoms with Crippen LogP contribution in [0.1, 0.15) is 67.4 Å². The SMILES string of the molecule is C[C@H]1C[C@H]2[C@@H]3CCC4=CC(=O)C=C[C@]4(C)[C@@]3(F)[C@@H](O)C[C@]2(C)[C@@]1(O)C(=O)COC(=O)c1cc(C(=O)O)nn1C. The van der Waals surface area contributed by atoms with Crippen LogP contribution in [0.4, 0.5) is 4.39 Å². The second-order valence-corrected chi connectivity index (χ2v) is 12.0. The number of aryl methyl sites for hydroxylation is 1. The molecule has 0 unspecified atom stereocenters. The molecule has 1 aromatic rings. The van der Waals surface area contributed by atoms with Gasteiger partial charge < -0.3 is 20.1 Å². The van der Waals surface area contributed by atoms with Crippen molar-refractivity contribution in [3.8, 4) is 0 Å². The number of halogens is 1. The van der Waals surface area contributed by atoms with Gasteiger partial charge in [-0.2, -0.15) is 5.10 Å². The molecule has 210 valence electrons. The van der Waals surface area contributed by atoms with Gasteiger partial charge in [-0.05, 0) is 56.6 Å². The molecular formula is C28H33FN2O8. The molecular weight excluding hydrogens is 511 g/mol. The molecule has 0 bridgehead atoms. The number of carboxylic acids is 1. The summed E-state index contributed by atoms with van der Waals surface area (Å²) < 4.78 is 23.4. The number of carbonyl (C=O) groups is 4. The van der Waals surface area contributed by atoms with Gasteiger partial charge in [-0.1, -0.05) is 25.5 Å². The minimum absolute atomic E-state index is 0.177. The van der Waals surface area contributed by atoms with Gasteiger partial charge >= 0.3 is 11.9 Å². The quantitative estimate of drug-likeness (QED) is 0.473. The lowest BCUT2D eigenvalue weighted by atomic mass is 9.44. The molecule has 0 radical (unpaired) electrons. The van der Waals surface area contributed by atoms with E-state index in [0.717, 1.165) is 10.7 Å². The van der Waals surface area contributed by atoms with Gasteiger partial charge in [-0.25, -0.2) is 14.0 Å². The second kappa shape index (κ2) is 8.66. The zero-order valence-corrected chi connectivity index (χ0v) is 22.3. The van der Waals surface area contributed by atoms with Gasteiger partial charge in [0.1, 0.15) is 11.3 Å². The van der Waals surface area contributed by atoms with Crippen LogP contribution in [-0.2, 0) is 21.4 Å². The first-order valence-electron chi connectivity index (χ1n) is 13.1. The van der Waals surface area contributed by atoms with Gasteiger partial charge in [0.25, 0.3) is 0 Å². The highest BCUT2D eigenvalue weighted by molar-refractivity contribution is 6.01. The Balaban J connectivity index is 1.42. The molecule has 10 nitrogen and oxygen atoms in total. The van der Waals surface area contributed by atoms with Gasteiger partial charge in [0, 0.05) is 29.9 Å². The van der Waals surface area contributed by atoms with Crippen LogP contribution in [0.15, 0.2) is 29.9 Å². The number of hydrogen-bond donors (Lipinski definition) is 3. The number of ether oxygens (including phenoxy) is 1. The van der Waals surface area contributed by atoms with E-state index >= 15 is 4.39 Å². The Morgan fingerprint density at radius 3 is 2.59 bits per heavy atom. The standard InChI is InChI=1S/C28H33FN2O8/c1-14-9-18-17-6-5-15-10-16(32)7-8-25(15,2)27(17,29)21(33)12-26(18,3)28(14,38)22(34)13-39-24(37)20-11-19(23(35)36)30-31(20)4/h7-8,10-11,14,17-18,21,33,38H,5-6,9,12-13H2,1-4H3,(H,35,36)/t14-,17-,18-,21-,25-,26-,27-,28-/m0/s1. The molecule has 8 atom stereocenters. The van der Waals surface area contributed by atoms with Crippen molar-refractivity contribution in [2.45, 2.75) is 63.8 Å². The summed E-state index contributed by atoms with van der Waals surface area (Å²) >= 11 is 0. The number of carbonyl (C=O) groups excluding carboxylic acids is 3. The summed E-state index contributed by atoms with van der Waals surface area (Å²) in [6.45, 7) is 4.30. The van der Waals surface area contributed by atoms with Gasteiger partial charge in [0.15, 0.2) is 23.8 Å². The van der Waals surface area contributed by atoms with Crippen LogP contribution < -0.4 is 0 Å². The number of aromatic carboxylic acids is 1. The summed E-state index contributed by atoms with van der Waals surface area (Å²) in [6.07, 6.45) is 3.76. The van der Waals surface area contributed by atoms with Crippen molar-refractivity contribution < 1.29 is 43.6 Å². The van der Waals surface area contributed by atoms with E-state index in [9.17, 15) is 29.4 Å². The van der Waals surface area contributed by atoms with Crippen LogP contribution in [0.2, 0.25) is 0 Å². The fourth-order valence-corrected chi connectivity index (χ4v) is 8.22. The fraction of sp³-hybridized carbons (Fsp3) is 0.607. The molecule has 0 aromatic carbocycles. The normalized spacial score (nSPS) is 40.8. The summed E-state index contributed by atoms with van der Waals surface area (Å²) in [5.74, 6) is -5.04. The zero-order valence-electron chi connectivity index (χ0n) is 22.3. The number of esters is 1. The van der Waals surface area contributed by atoms with Crippen molar-refractivity contribution in [3.63, 3.8) is 0 Å². The molecule has 4 aliphatic carbocycles. The first-order chi connectivity index (χ1) is 18.1. The van der Waals surface area contributed by atoms with Crippen molar-refractivity contribution >= 4 is 23.5 Å². The third-order valence-corrected chi connectivity index (χ3v) is 10.3. The molecule has 5 rings (SSSR count). The van der Waals surface area contributed by atoms with Gasteiger partial charge in [0.2, 0.25) is 5.78 Å². The third kappa shape index (κ3) is 3.48. The van der Waals surface area contributed by atoms with Crippen molar-refractivity contribution in [1.29, 1.82) is 0 Å². The number of alkyl halides is 1. The number of allylic oxidation sites excluding steroid dienone is 4. The molecule has 39 heavy (non-hydrogen) atoms. The largest absolute Gasteiger partial charge is 0.476 e. The van der Waals surface area contributed by atoms with Gasteiger partial charge in [-0.15, -0.1) is 0 Å². The topological polar surface area (TPSA) is 156 Å². The number of nitrogens with zero attached hydrogens (tertiary/aromatic N) is 2. The van der Waals surface area contributed by atoms with Crippen molar-refractivity contribution in [2.75, 3.05) is 6.61 Å². The van der Waals surface area contributed by atoms with Crippen LogP contribution in [0.3, 0.4) is 0 Å². The average molecular weight is 545 g/mol. The van der Waals surface area contributed by atoms with E-state index in [1.54, 1.807) is 26.8 Å². The van der Waals surface area contributed by atoms with Crippen molar-refractivity contribution in [1.82, 2.24) is 9.78 Å². The fourth-order valence-electron chi connectivity index (χ4n) is 8.22. The van der Waals surface area contributed by atoms with Gasteiger partial charge in [0.05, 0.1) is 6.10 Å². The number of aromatic nitrogens is 2. The summed E-state index contributed by atoms with van der Waals surface area (Å²) in [4.78, 5) is 49.3. The van der Waals surface area contributed by atoms with Crippen LogP contribution in [0.25, 0.3) is 0 Å². The number of rotatable bonds is 5. The average Bonchev–Trinajstić information content (AvgIpc) is 3.35. The Bertz CT molecular complexity index is 1350. The Hall–Kier alpha value is -3.18. The maximum Gasteiger partial charge on any atom is 0.357 e. The first-order valence-corrected chi connectivity index (χ1v) is 13.1. The van der Waals surface area contributed by atoms with E-state index in [1.807, 2.05) is 0 Å². The van der Waals surface area contributed by atoms with E-state index in [4.69, 9.17) is 9.84 Å². The Labute approximate surface area is 224 Å². The third-order valence-electron chi connectivity index (χ3n) is 10.3. The van der Waals surface area contributed by atoms with Crippen LogP contribution in [0, 0.1) is 28.6 Å². The van der Waals surface area contributed by atoms with E-state index in [0.29, 0.717) is 24.8 Å². The number of Topliss-reactive ketones (excluding diaryl/α,β-unsaturated/α-hetero) is 1. The Kier molecular flexibility index (Phi) is 6.08. The smallest absolute Gasteiger partial charge is 0.357 e. The van der Waals surface area contributed by atoms with Crippen LogP contribution >= 0.6 is 0 Å². The van der Waals surface area contributed by atoms with E-state index in [1.165, 1.54) is 19.2 Å². The lowest BCUT2D eigenvalue weighted by Crippen LogP contribution is -2.69. The molecule has 3 N–H and O–H groups in total. The summed E-state index contributed by atoms with van der Waals surface area (Å²) in [6, 6.07) is 1.03. The predicted molar refractivity (Wildman–Crippen MR) is 133 cm³/mol. The monoisotopic (exact) mass is 544 g/mol. The highest BCUT2D eigenvalue weighted by atomic mass is 19.1. The minimum atomic E-state index is -2.10. The number of aliphatic hydroxyl groups excluding tert-OH is 1. The van der Waals surface area contributed by atoms with Crippen molar-refractivity contribution in [3.05, 3.63) is 41.3 Å². The molecule has 0 saturated heterocycles. The molecule has 0 amide bonds.